The minimum Gasteiger partial charge on any atom is -0.211 e. The maximum Gasteiger partial charge on any atom is 0.242 e. The Morgan fingerprint density at radius 3 is 2.57 bits per heavy atom. The van der Waals surface area contributed by atoms with Crippen molar-refractivity contribution in [3.63, 3.8) is 0 Å². The van der Waals surface area contributed by atoms with E-state index in [1.165, 1.54) is 18.2 Å². The van der Waals surface area contributed by atoms with Crippen molar-refractivity contribution in [3.8, 4) is 0 Å². The van der Waals surface area contributed by atoms with Gasteiger partial charge in [-0.05, 0) is 36.2 Å². The summed E-state index contributed by atoms with van der Waals surface area (Å²) in [5.41, 5.74) is 0.460. The molecule has 1 N–H and O–H groups in total. The lowest BCUT2D eigenvalue weighted by atomic mass is 10.1. The van der Waals surface area contributed by atoms with Gasteiger partial charge in [0, 0.05) is 11.0 Å². The molecule has 0 heterocycles. The first-order chi connectivity index (χ1) is 9.90. The van der Waals surface area contributed by atoms with E-state index in [2.05, 4.69) is 20.7 Å². The lowest BCUT2D eigenvalue weighted by Gasteiger charge is -2.09. The molecular weight excluding hydrogens is 381 g/mol. The first-order valence-electron chi connectivity index (χ1n) is 6.08. The van der Waals surface area contributed by atoms with Gasteiger partial charge < -0.3 is 0 Å². The van der Waals surface area contributed by atoms with E-state index in [1.54, 1.807) is 24.3 Å². The number of halogens is 3. The Hall–Kier alpha value is -0.950. The van der Waals surface area contributed by atoms with E-state index >= 15 is 0 Å². The van der Waals surface area contributed by atoms with E-state index in [-0.39, 0.29) is 28.7 Å². The molecule has 7 heteroatoms. The average molecular weight is 393 g/mol. The molecule has 0 unspecified atom stereocenters. The molecule has 0 amide bonds. The number of rotatable bonds is 5. The second-order valence-electron chi connectivity index (χ2n) is 4.31. The maximum absolute atomic E-state index is 13.4. The zero-order chi connectivity index (χ0) is 15.5. The minimum atomic E-state index is -3.72. The van der Waals surface area contributed by atoms with Gasteiger partial charge in [0.05, 0.1) is 5.02 Å². The quantitative estimate of drug-likeness (QED) is 0.842. The van der Waals surface area contributed by atoms with Crippen LogP contribution >= 0.6 is 27.5 Å². The third-order valence-corrected chi connectivity index (χ3v) is 5.26. The Morgan fingerprint density at radius 1 is 1.19 bits per heavy atom. The molecule has 0 aliphatic carbocycles. The molecule has 0 saturated carbocycles. The number of nitrogens with one attached hydrogen (secondary N) is 1. The Kier molecular flexibility index (Phi) is 5.37. The molecule has 0 aliphatic rings. The van der Waals surface area contributed by atoms with Crippen molar-refractivity contribution in [2.45, 2.75) is 11.3 Å². The van der Waals surface area contributed by atoms with E-state index < -0.39 is 10.0 Å². The highest BCUT2D eigenvalue weighted by Crippen LogP contribution is 2.25. The number of benzene rings is 2. The third kappa shape index (κ3) is 4.26. The largest absolute Gasteiger partial charge is 0.242 e. The summed E-state index contributed by atoms with van der Waals surface area (Å²) >= 11 is 9.14. The monoisotopic (exact) mass is 391 g/mol. The Morgan fingerprint density at radius 2 is 1.90 bits per heavy atom. The van der Waals surface area contributed by atoms with Crippen LogP contribution in [-0.2, 0) is 16.4 Å². The molecule has 0 aliphatic heterocycles. The highest BCUT2D eigenvalue weighted by atomic mass is 79.9. The zero-order valence-electron chi connectivity index (χ0n) is 10.8. The van der Waals surface area contributed by atoms with Crippen molar-refractivity contribution in [2.75, 3.05) is 6.54 Å². The van der Waals surface area contributed by atoms with Gasteiger partial charge in [0.2, 0.25) is 10.0 Å². The fourth-order valence-electron chi connectivity index (χ4n) is 1.79. The van der Waals surface area contributed by atoms with Crippen LogP contribution in [0.4, 0.5) is 4.39 Å². The number of hydrogen-bond acceptors (Lipinski definition) is 2. The molecule has 2 aromatic carbocycles. The minimum absolute atomic E-state index is 0.000834. The van der Waals surface area contributed by atoms with E-state index in [0.29, 0.717) is 10.0 Å². The van der Waals surface area contributed by atoms with Gasteiger partial charge in [-0.2, -0.15) is 0 Å². The van der Waals surface area contributed by atoms with Crippen molar-refractivity contribution in [2.24, 2.45) is 0 Å². The molecule has 0 saturated heterocycles. The summed E-state index contributed by atoms with van der Waals surface area (Å²) in [5, 5.41) is 0.128. The van der Waals surface area contributed by atoms with Gasteiger partial charge in [-0.1, -0.05) is 45.7 Å². The number of sulfonamides is 1. The smallest absolute Gasteiger partial charge is 0.211 e. The van der Waals surface area contributed by atoms with Gasteiger partial charge in [-0.3, -0.25) is 0 Å². The topological polar surface area (TPSA) is 46.2 Å². The van der Waals surface area contributed by atoms with E-state index in [0.717, 1.165) is 0 Å². The van der Waals surface area contributed by atoms with Gasteiger partial charge in [0.25, 0.3) is 0 Å². The Balaban J connectivity index is 2.07. The van der Waals surface area contributed by atoms with Crippen LogP contribution in [0.2, 0.25) is 5.02 Å². The zero-order valence-corrected chi connectivity index (χ0v) is 14.0. The maximum atomic E-state index is 13.4. The standard InChI is InChI=1S/C14H12BrClFNO2S/c15-11-5-6-14(12(16)9-11)21(19,20)18-8-7-10-3-1-2-4-13(10)17/h1-6,9,18H,7-8H2. The molecule has 0 fully saturated rings. The first kappa shape index (κ1) is 16.4. The summed E-state index contributed by atoms with van der Waals surface area (Å²) in [4.78, 5) is 0.000834. The summed E-state index contributed by atoms with van der Waals surface area (Å²) in [6.45, 7) is 0.0929. The van der Waals surface area contributed by atoms with E-state index in [1.807, 2.05) is 0 Å². The van der Waals surface area contributed by atoms with Crippen LogP contribution in [0.1, 0.15) is 5.56 Å². The van der Waals surface area contributed by atoms with Crippen LogP contribution in [0.5, 0.6) is 0 Å². The highest BCUT2D eigenvalue weighted by Gasteiger charge is 2.17. The van der Waals surface area contributed by atoms with Crippen LogP contribution in [0.15, 0.2) is 51.8 Å². The molecule has 21 heavy (non-hydrogen) atoms. The van der Waals surface area contributed by atoms with Crippen LogP contribution in [-0.4, -0.2) is 15.0 Å². The van der Waals surface area contributed by atoms with Gasteiger partial charge in [0.1, 0.15) is 10.7 Å². The molecule has 112 valence electrons. The molecule has 0 aromatic heterocycles. The average Bonchev–Trinajstić information content (AvgIpc) is 2.40. The van der Waals surface area contributed by atoms with Crippen LogP contribution in [0.25, 0.3) is 0 Å². The van der Waals surface area contributed by atoms with Gasteiger partial charge in [0.15, 0.2) is 0 Å². The van der Waals surface area contributed by atoms with Crippen molar-refractivity contribution >= 4 is 37.6 Å². The van der Waals surface area contributed by atoms with Crippen LogP contribution < -0.4 is 4.72 Å². The van der Waals surface area contributed by atoms with Gasteiger partial charge in [-0.25, -0.2) is 17.5 Å². The van der Waals surface area contributed by atoms with Crippen LogP contribution in [0.3, 0.4) is 0 Å². The predicted octanol–water partition coefficient (Wildman–Crippen LogP) is 3.76. The molecule has 0 atom stereocenters. The Labute approximate surface area is 136 Å². The van der Waals surface area contributed by atoms with E-state index in [4.69, 9.17) is 11.6 Å². The molecule has 2 rings (SSSR count). The fourth-order valence-corrected chi connectivity index (χ4v) is 3.86. The SMILES string of the molecule is O=S(=O)(NCCc1ccccc1F)c1ccc(Br)cc1Cl. The molecule has 0 spiro atoms. The fraction of sp³-hybridized carbons (Fsp3) is 0.143. The molecule has 3 nitrogen and oxygen atoms in total. The number of hydrogen-bond donors (Lipinski definition) is 1. The van der Waals surface area contributed by atoms with Gasteiger partial charge in [-0.15, -0.1) is 0 Å². The van der Waals surface area contributed by atoms with Crippen molar-refractivity contribution in [1.82, 2.24) is 4.72 Å². The lowest BCUT2D eigenvalue weighted by molar-refractivity contribution is 0.577. The lowest BCUT2D eigenvalue weighted by Crippen LogP contribution is -2.26. The summed E-state index contributed by atoms with van der Waals surface area (Å²) in [5.74, 6) is -0.349. The Bertz CT molecular complexity index is 752. The first-order valence-corrected chi connectivity index (χ1v) is 8.74. The normalized spacial score (nSPS) is 11.6. The molecule has 0 bridgehead atoms. The van der Waals surface area contributed by atoms with Gasteiger partial charge >= 0.3 is 0 Å². The molecule has 0 radical (unpaired) electrons. The molecule has 2 aromatic rings. The second-order valence-corrected chi connectivity index (χ2v) is 7.37. The summed E-state index contributed by atoms with van der Waals surface area (Å²) in [6, 6.07) is 10.8. The third-order valence-electron chi connectivity index (χ3n) is 2.83. The highest BCUT2D eigenvalue weighted by molar-refractivity contribution is 9.10. The molecular formula is C14H12BrClFNO2S. The summed E-state index contributed by atoms with van der Waals surface area (Å²) in [6.07, 6.45) is 0.264. The van der Waals surface area contributed by atoms with Crippen molar-refractivity contribution in [1.29, 1.82) is 0 Å². The van der Waals surface area contributed by atoms with Crippen LogP contribution in [0, 0.1) is 5.82 Å². The van der Waals surface area contributed by atoms with E-state index in [9.17, 15) is 12.8 Å². The van der Waals surface area contributed by atoms with Crippen molar-refractivity contribution < 1.29 is 12.8 Å². The van der Waals surface area contributed by atoms with Crippen molar-refractivity contribution in [3.05, 3.63) is 63.3 Å². The second kappa shape index (κ2) is 6.87. The predicted molar refractivity (Wildman–Crippen MR) is 84.4 cm³/mol. The summed E-state index contributed by atoms with van der Waals surface area (Å²) < 4.78 is 40.8. The summed E-state index contributed by atoms with van der Waals surface area (Å²) in [7, 11) is -3.72.